The number of ether oxygens (including phenoxy) is 1. The molecule has 0 aliphatic rings. The first kappa shape index (κ1) is 17.6. The van der Waals surface area contributed by atoms with Gasteiger partial charge in [0.1, 0.15) is 14.8 Å². The van der Waals surface area contributed by atoms with E-state index in [4.69, 9.17) is 10.5 Å². The van der Waals surface area contributed by atoms with Gasteiger partial charge in [-0.3, -0.25) is 4.79 Å². The Morgan fingerprint density at radius 1 is 1.48 bits per heavy atom. The van der Waals surface area contributed by atoms with Gasteiger partial charge in [-0.15, -0.1) is 11.3 Å². The molecule has 1 rings (SSSR count). The Kier molecular flexibility index (Phi) is 6.31. The van der Waals surface area contributed by atoms with Crippen LogP contribution >= 0.6 is 11.3 Å². The molecule has 1 heterocycles. The van der Waals surface area contributed by atoms with E-state index < -0.39 is 27.8 Å². The van der Waals surface area contributed by atoms with Crippen LogP contribution in [0.4, 0.5) is 5.00 Å². The molecule has 0 fully saturated rings. The fourth-order valence-corrected chi connectivity index (χ4v) is 2.91. The van der Waals surface area contributed by atoms with Crippen molar-refractivity contribution in [1.29, 1.82) is 0 Å². The standard InChI is InChI=1S/C12H18N2O5S2/c1-3-19-12(16)8-4-6-20-11(8)14-10(15)9(13)5-7-21(2,17)18/h4,6,9H,3,5,7,13H2,1-2H3,(H,14,15). The number of carbonyl (C=O) groups excluding carboxylic acids is 2. The van der Waals surface area contributed by atoms with Crippen LogP contribution in [-0.2, 0) is 19.4 Å². The van der Waals surface area contributed by atoms with Gasteiger partial charge in [-0.1, -0.05) is 0 Å². The molecule has 1 aromatic rings. The van der Waals surface area contributed by atoms with E-state index >= 15 is 0 Å². The lowest BCUT2D eigenvalue weighted by atomic mass is 10.2. The number of hydrogen-bond donors (Lipinski definition) is 2. The molecule has 118 valence electrons. The van der Waals surface area contributed by atoms with Gasteiger partial charge in [0.15, 0.2) is 0 Å². The van der Waals surface area contributed by atoms with Crippen molar-refractivity contribution in [3.05, 3.63) is 17.0 Å². The molecular weight excluding hydrogens is 316 g/mol. The van der Waals surface area contributed by atoms with Gasteiger partial charge < -0.3 is 15.8 Å². The van der Waals surface area contributed by atoms with E-state index in [9.17, 15) is 18.0 Å². The summed E-state index contributed by atoms with van der Waals surface area (Å²) in [6, 6.07) is 0.581. The summed E-state index contributed by atoms with van der Waals surface area (Å²) in [4.78, 5) is 23.5. The third kappa shape index (κ3) is 5.82. The highest BCUT2D eigenvalue weighted by molar-refractivity contribution is 7.90. The van der Waals surface area contributed by atoms with Gasteiger partial charge in [0, 0.05) is 6.26 Å². The molecule has 1 aromatic heterocycles. The Morgan fingerprint density at radius 2 is 2.14 bits per heavy atom. The summed E-state index contributed by atoms with van der Waals surface area (Å²) in [7, 11) is -3.18. The number of hydrogen-bond acceptors (Lipinski definition) is 7. The van der Waals surface area contributed by atoms with Crippen LogP contribution in [0, 0.1) is 0 Å². The Bertz CT molecular complexity index is 609. The van der Waals surface area contributed by atoms with E-state index in [0.717, 1.165) is 6.26 Å². The zero-order chi connectivity index (χ0) is 16.0. The van der Waals surface area contributed by atoms with Crippen molar-refractivity contribution in [2.45, 2.75) is 19.4 Å². The van der Waals surface area contributed by atoms with Gasteiger partial charge in [-0.05, 0) is 24.8 Å². The third-order valence-electron chi connectivity index (χ3n) is 2.53. The highest BCUT2D eigenvalue weighted by Crippen LogP contribution is 2.24. The first-order chi connectivity index (χ1) is 9.74. The fraction of sp³-hybridized carbons (Fsp3) is 0.500. The average Bonchev–Trinajstić information content (AvgIpc) is 2.83. The van der Waals surface area contributed by atoms with Crippen LogP contribution in [0.3, 0.4) is 0 Å². The number of rotatable bonds is 7. The molecule has 0 spiro atoms. The van der Waals surface area contributed by atoms with Crippen LogP contribution in [0.15, 0.2) is 11.4 Å². The average molecular weight is 334 g/mol. The van der Waals surface area contributed by atoms with Crippen molar-refractivity contribution in [1.82, 2.24) is 0 Å². The van der Waals surface area contributed by atoms with E-state index in [0.29, 0.717) is 5.00 Å². The molecule has 1 unspecified atom stereocenters. The maximum absolute atomic E-state index is 11.9. The molecule has 1 amide bonds. The van der Waals surface area contributed by atoms with Crippen molar-refractivity contribution in [2.24, 2.45) is 5.73 Å². The molecule has 0 saturated carbocycles. The molecule has 0 radical (unpaired) electrons. The number of amides is 1. The summed E-state index contributed by atoms with van der Waals surface area (Å²) >= 11 is 1.17. The first-order valence-corrected chi connectivity index (χ1v) is 9.17. The Labute approximate surface area is 127 Å². The molecule has 0 aliphatic heterocycles. The molecule has 0 aromatic carbocycles. The zero-order valence-corrected chi connectivity index (χ0v) is 13.4. The summed E-state index contributed by atoms with van der Waals surface area (Å²) in [5.41, 5.74) is 5.89. The fourth-order valence-electron chi connectivity index (χ4n) is 1.45. The minimum absolute atomic E-state index is 0.0186. The van der Waals surface area contributed by atoms with Crippen LogP contribution in [0.2, 0.25) is 0 Å². The number of thiophene rings is 1. The van der Waals surface area contributed by atoms with Crippen LogP contribution in [0.1, 0.15) is 23.7 Å². The first-order valence-electron chi connectivity index (χ1n) is 6.23. The monoisotopic (exact) mass is 334 g/mol. The highest BCUT2D eigenvalue weighted by atomic mass is 32.2. The summed E-state index contributed by atoms with van der Waals surface area (Å²) < 4.78 is 27.0. The van der Waals surface area contributed by atoms with Gasteiger partial charge in [0.2, 0.25) is 5.91 Å². The third-order valence-corrected chi connectivity index (χ3v) is 4.34. The normalized spacial score (nSPS) is 12.7. The molecule has 7 nitrogen and oxygen atoms in total. The number of carbonyl (C=O) groups is 2. The molecule has 9 heteroatoms. The molecule has 0 saturated heterocycles. The molecule has 0 bridgehead atoms. The minimum Gasteiger partial charge on any atom is -0.462 e. The SMILES string of the molecule is CCOC(=O)c1ccsc1NC(=O)C(N)CCS(C)(=O)=O. The van der Waals surface area contributed by atoms with E-state index in [1.807, 2.05) is 0 Å². The number of nitrogens with two attached hydrogens (primary N) is 1. The van der Waals surface area contributed by atoms with Crippen LogP contribution in [0.5, 0.6) is 0 Å². The highest BCUT2D eigenvalue weighted by Gasteiger charge is 2.20. The zero-order valence-electron chi connectivity index (χ0n) is 11.8. The number of anilines is 1. The molecule has 21 heavy (non-hydrogen) atoms. The molecular formula is C12H18N2O5S2. The maximum atomic E-state index is 11.9. The Morgan fingerprint density at radius 3 is 2.71 bits per heavy atom. The number of nitrogens with one attached hydrogen (secondary N) is 1. The lowest BCUT2D eigenvalue weighted by Crippen LogP contribution is -2.37. The number of sulfone groups is 1. The summed E-state index contributed by atoms with van der Waals surface area (Å²) in [6.07, 6.45) is 1.10. The lowest BCUT2D eigenvalue weighted by Gasteiger charge is -2.11. The second-order valence-electron chi connectivity index (χ2n) is 4.40. The smallest absolute Gasteiger partial charge is 0.341 e. The van der Waals surface area contributed by atoms with E-state index in [1.54, 1.807) is 18.4 Å². The minimum atomic E-state index is -3.18. The van der Waals surface area contributed by atoms with Gasteiger partial charge in [-0.25, -0.2) is 13.2 Å². The molecule has 3 N–H and O–H groups in total. The summed E-state index contributed by atoms with van der Waals surface area (Å²) in [5.74, 6) is -1.23. The predicted molar refractivity (Wildman–Crippen MR) is 81.2 cm³/mol. The van der Waals surface area contributed by atoms with Gasteiger partial charge in [0.25, 0.3) is 0 Å². The predicted octanol–water partition coefficient (Wildman–Crippen LogP) is 0.625. The maximum Gasteiger partial charge on any atom is 0.341 e. The van der Waals surface area contributed by atoms with Gasteiger partial charge in [0.05, 0.1) is 24.0 Å². The second-order valence-corrected chi connectivity index (χ2v) is 7.57. The van der Waals surface area contributed by atoms with Crippen molar-refractivity contribution < 1.29 is 22.7 Å². The quantitative estimate of drug-likeness (QED) is 0.706. The molecule has 0 aliphatic carbocycles. The van der Waals surface area contributed by atoms with Gasteiger partial charge >= 0.3 is 5.97 Å². The summed E-state index contributed by atoms with van der Waals surface area (Å²) in [5, 5.41) is 4.51. The van der Waals surface area contributed by atoms with Crippen LogP contribution in [-0.4, -0.2) is 45.0 Å². The van der Waals surface area contributed by atoms with Gasteiger partial charge in [-0.2, -0.15) is 0 Å². The topological polar surface area (TPSA) is 116 Å². The molecule has 1 atom stereocenters. The largest absolute Gasteiger partial charge is 0.462 e. The van der Waals surface area contributed by atoms with Crippen LogP contribution < -0.4 is 11.1 Å². The van der Waals surface area contributed by atoms with Crippen molar-refractivity contribution >= 4 is 38.1 Å². The van der Waals surface area contributed by atoms with E-state index in [2.05, 4.69) is 5.32 Å². The Hall–Kier alpha value is -1.45. The van der Waals surface area contributed by atoms with Crippen molar-refractivity contribution in [3.63, 3.8) is 0 Å². The van der Waals surface area contributed by atoms with Crippen molar-refractivity contribution in [2.75, 3.05) is 23.9 Å². The Balaban J connectivity index is 2.67. The van der Waals surface area contributed by atoms with E-state index in [1.165, 1.54) is 11.3 Å². The summed E-state index contributed by atoms with van der Waals surface area (Å²) in [6.45, 7) is 1.92. The van der Waals surface area contributed by atoms with Crippen molar-refractivity contribution in [3.8, 4) is 0 Å². The van der Waals surface area contributed by atoms with E-state index in [-0.39, 0.29) is 24.3 Å². The lowest BCUT2D eigenvalue weighted by molar-refractivity contribution is -0.117. The number of esters is 1. The second kappa shape index (κ2) is 7.53. The van der Waals surface area contributed by atoms with Crippen LogP contribution in [0.25, 0.3) is 0 Å².